The second-order valence-corrected chi connectivity index (χ2v) is 11.3. The summed E-state index contributed by atoms with van der Waals surface area (Å²) in [6.45, 7) is -0.806. The summed E-state index contributed by atoms with van der Waals surface area (Å²) < 4.78 is 0. The lowest BCUT2D eigenvalue weighted by Crippen LogP contribution is -2.36. The molecule has 10 nitrogen and oxygen atoms in total. The van der Waals surface area contributed by atoms with Gasteiger partial charge in [-0.15, -0.1) is 0 Å². The number of halogens is 2. The molecule has 0 saturated heterocycles. The van der Waals surface area contributed by atoms with E-state index in [-0.39, 0.29) is 17.9 Å². The molecule has 43 heavy (non-hydrogen) atoms. The molecule has 1 fully saturated rings. The molecule has 3 aromatic carbocycles. The Morgan fingerprint density at radius 2 is 1.63 bits per heavy atom. The number of hydrogen-bond donors (Lipinski definition) is 3. The number of aliphatic imine (C=N–C) groups is 1. The van der Waals surface area contributed by atoms with Crippen LogP contribution in [-0.2, 0) is 11.3 Å². The number of carbonyl (C=O) groups is 2. The van der Waals surface area contributed by atoms with E-state index in [1.807, 2.05) is 12.1 Å². The van der Waals surface area contributed by atoms with Crippen molar-refractivity contribution in [2.75, 3.05) is 18.0 Å². The number of nitro groups is 1. The van der Waals surface area contributed by atoms with Crippen molar-refractivity contribution in [2.24, 2.45) is 4.99 Å². The van der Waals surface area contributed by atoms with E-state index in [0.717, 1.165) is 18.4 Å². The monoisotopic (exact) mass is 626 g/mol. The van der Waals surface area contributed by atoms with Crippen LogP contribution in [0.15, 0.2) is 71.7 Å². The minimum Gasteiger partial charge on any atom is -0.479 e. The van der Waals surface area contributed by atoms with Gasteiger partial charge in [-0.1, -0.05) is 66.7 Å². The number of aliphatic hydroxyl groups excluding tert-OH is 1. The number of anilines is 1. The van der Waals surface area contributed by atoms with Gasteiger partial charge in [0.05, 0.1) is 12.2 Å². The first-order chi connectivity index (χ1) is 20.6. The average Bonchev–Trinajstić information content (AvgIpc) is 2.98. The van der Waals surface area contributed by atoms with Crippen molar-refractivity contribution >= 4 is 52.3 Å². The molecule has 0 aliphatic heterocycles. The summed E-state index contributed by atoms with van der Waals surface area (Å²) in [4.78, 5) is 40.9. The average molecular weight is 628 g/mol. The van der Waals surface area contributed by atoms with Gasteiger partial charge >= 0.3 is 5.97 Å². The molecule has 3 N–H and O–H groups in total. The molecule has 1 saturated carbocycles. The fourth-order valence-electron chi connectivity index (χ4n) is 5.07. The lowest BCUT2D eigenvalue weighted by molar-refractivity contribution is -0.463. The first kappa shape index (κ1) is 31.9. The van der Waals surface area contributed by atoms with Crippen LogP contribution in [0.3, 0.4) is 0 Å². The first-order valence-electron chi connectivity index (χ1n) is 13.9. The number of aliphatic carboxylic acids is 1. The summed E-state index contributed by atoms with van der Waals surface area (Å²) >= 11 is 12.4. The highest BCUT2D eigenvalue weighted by Crippen LogP contribution is 2.34. The van der Waals surface area contributed by atoms with E-state index in [2.05, 4.69) is 22.4 Å². The van der Waals surface area contributed by atoms with Crippen molar-refractivity contribution in [1.82, 2.24) is 5.32 Å². The van der Waals surface area contributed by atoms with Crippen molar-refractivity contribution in [2.45, 2.75) is 50.7 Å². The van der Waals surface area contributed by atoms with Gasteiger partial charge < -0.3 is 20.4 Å². The SMILES string of the molecule is O=C(NC[C@@H](O)C(=O)O)c1ccc(CN(C(C[N+](=O)[O-])=Nc2cc(Cl)cc(Cl)c2)c2ccc(C3CCCCC3)cc2)cc1. The molecular weight excluding hydrogens is 595 g/mol. The Kier molecular flexibility index (Phi) is 11.1. The zero-order valence-electron chi connectivity index (χ0n) is 23.3. The quantitative estimate of drug-likeness (QED) is 0.0989. The molecule has 226 valence electrons. The number of carboxylic acids is 1. The van der Waals surface area contributed by atoms with E-state index in [0.29, 0.717) is 27.3 Å². The second-order valence-electron chi connectivity index (χ2n) is 10.4. The molecule has 1 amide bonds. The van der Waals surface area contributed by atoms with Gasteiger partial charge in [-0.2, -0.15) is 0 Å². The normalized spacial score (nSPS) is 14.6. The molecule has 0 bridgehead atoms. The van der Waals surface area contributed by atoms with E-state index in [1.165, 1.54) is 24.8 Å². The Hall–Kier alpha value is -3.99. The summed E-state index contributed by atoms with van der Waals surface area (Å²) in [7, 11) is 0. The summed E-state index contributed by atoms with van der Waals surface area (Å²) in [5.74, 6) is -1.32. The lowest BCUT2D eigenvalue weighted by atomic mass is 9.84. The van der Waals surface area contributed by atoms with Gasteiger partial charge in [-0.25, -0.2) is 9.79 Å². The number of rotatable bonds is 11. The zero-order chi connectivity index (χ0) is 30.9. The van der Waals surface area contributed by atoms with Gasteiger partial charge in [0.2, 0.25) is 0 Å². The smallest absolute Gasteiger partial charge is 0.334 e. The molecule has 0 unspecified atom stereocenters. The van der Waals surface area contributed by atoms with Gasteiger partial charge in [-0.3, -0.25) is 14.9 Å². The van der Waals surface area contributed by atoms with Crippen LogP contribution in [0.4, 0.5) is 11.4 Å². The van der Waals surface area contributed by atoms with Crippen LogP contribution in [-0.4, -0.2) is 52.0 Å². The first-order valence-corrected chi connectivity index (χ1v) is 14.7. The summed E-state index contributed by atoms with van der Waals surface area (Å²) in [5, 5.41) is 33.1. The predicted octanol–water partition coefficient (Wildman–Crippen LogP) is 6.23. The van der Waals surface area contributed by atoms with Crippen LogP contribution in [0.5, 0.6) is 0 Å². The topological polar surface area (TPSA) is 145 Å². The van der Waals surface area contributed by atoms with Crippen molar-refractivity contribution in [3.05, 3.63) is 104 Å². The molecule has 1 aliphatic carbocycles. The van der Waals surface area contributed by atoms with Crippen molar-refractivity contribution in [1.29, 1.82) is 0 Å². The number of benzene rings is 3. The highest BCUT2D eigenvalue weighted by atomic mass is 35.5. The highest BCUT2D eigenvalue weighted by molar-refractivity contribution is 6.35. The third-order valence-electron chi connectivity index (χ3n) is 7.27. The van der Waals surface area contributed by atoms with Crippen LogP contribution in [0.25, 0.3) is 0 Å². The molecule has 3 aromatic rings. The van der Waals surface area contributed by atoms with Crippen LogP contribution in [0.2, 0.25) is 10.0 Å². The Balaban J connectivity index is 1.65. The number of amidine groups is 1. The number of carbonyl (C=O) groups excluding carboxylic acids is 1. The zero-order valence-corrected chi connectivity index (χ0v) is 24.8. The molecule has 0 radical (unpaired) electrons. The molecule has 1 aliphatic rings. The van der Waals surface area contributed by atoms with Crippen molar-refractivity contribution < 1.29 is 24.7 Å². The van der Waals surface area contributed by atoms with Gasteiger partial charge in [0, 0.05) is 32.8 Å². The van der Waals surface area contributed by atoms with Crippen LogP contribution in [0, 0.1) is 10.1 Å². The largest absolute Gasteiger partial charge is 0.479 e. The van der Waals surface area contributed by atoms with E-state index in [1.54, 1.807) is 47.4 Å². The molecule has 0 heterocycles. The fraction of sp³-hybridized carbons (Fsp3) is 0.323. The minimum atomic E-state index is -1.71. The highest BCUT2D eigenvalue weighted by Gasteiger charge is 2.22. The van der Waals surface area contributed by atoms with Crippen LogP contribution in [0.1, 0.15) is 59.5 Å². The summed E-state index contributed by atoms with van der Waals surface area (Å²) in [6, 6.07) is 19.2. The lowest BCUT2D eigenvalue weighted by Gasteiger charge is -2.26. The minimum absolute atomic E-state index is 0.165. The van der Waals surface area contributed by atoms with E-state index < -0.39 is 36.0 Å². The van der Waals surface area contributed by atoms with Crippen LogP contribution >= 0.6 is 23.2 Å². The summed E-state index contributed by atoms with van der Waals surface area (Å²) in [6.07, 6.45) is 4.23. The number of hydrogen-bond acceptors (Lipinski definition) is 6. The maximum Gasteiger partial charge on any atom is 0.334 e. The molecule has 1 atom stereocenters. The summed E-state index contributed by atoms with van der Waals surface area (Å²) in [5.41, 5.74) is 3.31. The Morgan fingerprint density at radius 3 is 2.21 bits per heavy atom. The standard InChI is InChI=1S/C31H32Cl2N4O6/c32-24-14-25(33)16-26(15-24)35-29(19-37(42)43)36(27-12-10-22(11-13-27)21-4-2-1-3-5-21)18-20-6-8-23(9-7-20)30(39)34-17-28(38)31(40)41/h6-16,21,28,38H,1-5,17-19H2,(H,34,39)(H,40,41)/t28-/m1/s1. The van der Waals surface area contributed by atoms with Gasteiger partial charge in [0.25, 0.3) is 12.5 Å². The molecule has 12 heteroatoms. The maximum atomic E-state index is 12.4. The fourth-order valence-corrected chi connectivity index (χ4v) is 5.58. The predicted molar refractivity (Wildman–Crippen MR) is 166 cm³/mol. The van der Waals surface area contributed by atoms with E-state index >= 15 is 0 Å². The van der Waals surface area contributed by atoms with Crippen molar-refractivity contribution in [3.63, 3.8) is 0 Å². The number of amides is 1. The Bertz CT molecular complexity index is 1450. The molecular formula is C31H32Cl2N4O6. The van der Waals surface area contributed by atoms with Gasteiger partial charge in [0.15, 0.2) is 11.9 Å². The maximum absolute atomic E-state index is 12.4. The van der Waals surface area contributed by atoms with Gasteiger partial charge in [-0.05, 0) is 72.4 Å². The molecule has 0 spiro atoms. The number of carboxylic acid groups (broad SMARTS) is 1. The third kappa shape index (κ3) is 9.25. The van der Waals surface area contributed by atoms with Crippen LogP contribution < -0.4 is 10.2 Å². The Labute approximate surface area is 259 Å². The Morgan fingerprint density at radius 1 is 1.00 bits per heavy atom. The van der Waals surface area contributed by atoms with Crippen molar-refractivity contribution in [3.8, 4) is 0 Å². The molecule has 4 rings (SSSR count). The second kappa shape index (κ2) is 15.0. The molecule has 0 aromatic heterocycles. The number of nitrogens with one attached hydrogen (secondary N) is 1. The third-order valence-corrected chi connectivity index (χ3v) is 7.70. The van der Waals surface area contributed by atoms with Gasteiger partial charge in [0.1, 0.15) is 0 Å². The van der Waals surface area contributed by atoms with E-state index in [9.17, 15) is 24.8 Å². The number of aliphatic hydroxyl groups is 1. The number of nitrogens with zero attached hydrogens (tertiary/aromatic N) is 3. The van der Waals surface area contributed by atoms with E-state index in [4.69, 9.17) is 28.3 Å².